The summed E-state index contributed by atoms with van der Waals surface area (Å²) >= 11 is 3.35. The van der Waals surface area contributed by atoms with Gasteiger partial charge in [-0.1, -0.05) is 13.3 Å². The highest BCUT2D eigenvalue weighted by molar-refractivity contribution is 9.10. The molecule has 0 aliphatic carbocycles. The lowest BCUT2D eigenvalue weighted by atomic mass is 10.2. The van der Waals surface area contributed by atoms with E-state index in [1.54, 1.807) is 0 Å². The summed E-state index contributed by atoms with van der Waals surface area (Å²) in [6.45, 7) is 4.16. The van der Waals surface area contributed by atoms with Crippen LogP contribution in [-0.2, 0) is 6.42 Å². The summed E-state index contributed by atoms with van der Waals surface area (Å²) < 4.78 is 0.890. The number of nitrogens with zero attached hydrogens (tertiary/aromatic N) is 2. The van der Waals surface area contributed by atoms with E-state index in [9.17, 15) is 0 Å². The van der Waals surface area contributed by atoms with E-state index in [0.717, 1.165) is 29.0 Å². The van der Waals surface area contributed by atoms with Gasteiger partial charge < -0.3 is 0 Å². The van der Waals surface area contributed by atoms with Crippen LogP contribution in [0.5, 0.6) is 0 Å². The summed E-state index contributed by atoms with van der Waals surface area (Å²) in [6, 6.07) is 1.93. The fourth-order valence-corrected chi connectivity index (χ4v) is 1.57. The summed E-state index contributed by atoms with van der Waals surface area (Å²) in [5.74, 6) is 0.948. The van der Waals surface area contributed by atoms with Crippen LogP contribution < -0.4 is 0 Å². The van der Waals surface area contributed by atoms with Crippen molar-refractivity contribution in [1.29, 1.82) is 0 Å². The van der Waals surface area contributed by atoms with Gasteiger partial charge in [-0.3, -0.25) is 0 Å². The van der Waals surface area contributed by atoms with Crippen molar-refractivity contribution in [2.75, 3.05) is 0 Å². The highest BCUT2D eigenvalue weighted by atomic mass is 79.9. The zero-order valence-corrected chi connectivity index (χ0v) is 9.06. The molecule has 0 saturated heterocycles. The molecular weight excluding hydrogens is 216 g/mol. The van der Waals surface area contributed by atoms with Gasteiger partial charge in [-0.05, 0) is 35.3 Å². The van der Waals surface area contributed by atoms with E-state index < -0.39 is 0 Å². The number of rotatable bonds is 3. The Bertz CT molecular complexity index is 240. The van der Waals surface area contributed by atoms with E-state index in [0.29, 0.717) is 0 Å². The number of aryl methyl sites for hydroxylation is 2. The maximum absolute atomic E-state index is 4.33. The quantitative estimate of drug-likeness (QED) is 0.744. The fraction of sp³-hybridized carbons (Fsp3) is 0.556. The van der Waals surface area contributed by atoms with Gasteiger partial charge in [-0.25, -0.2) is 9.97 Å². The van der Waals surface area contributed by atoms with Crippen LogP contribution in [0.1, 0.15) is 31.3 Å². The van der Waals surface area contributed by atoms with E-state index >= 15 is 0 Å². The van der Waals surface area contributed by atoms with Crippen molar-refractivity contribution in [2.45, 2.75) is 33.1 Å². The first-order chi connectivity index (χ1) is 5.72. The minimum Gasteiger partial charge on any atom is -0.238 e. The largest absolute Gasteiger partial charge is 0.238 e. The first kappa shape index (κ1) is 9.65. The minimum atomic E-state index is 0.890. The van der Waals surface area contributed by atoms with Crippen molar-refractivity contribution >= 4 is 15.9 Å². The smallest absolute Gasteiger partial charge is 0.129 e. The van der Waals surface area contributed by atoms with E-state index in [1.165, 1.54) is 6.42 Å². The van der Waals surface area contributed by atoms with Crippen LogP contribution >= 0.6 is 15.9 Å². The molecule has 0 amide bonds. The Labute approximate surface area is 81.6 Å². The third kappa shape index (κ3) is 2.89. The van der Waals surface area contributed by atoms with Crippen molar-refractivity contribution in [3.05, 3.63) is 22.2 Å². The Hall–Kier alpha value is -0.440. The molecule has 0 atom stereocenters. The van der Waals surface area contributed by atoms with Crippen LogP contribution in [0, 0.1) is 6.92 Å². The lowest BCUT2D eigenvalue weighted by Crippen LogP contribution is -1.97. The van der Waals surface area contributed by atoms with E-state index in [4.69, 9.17) is 0 Å². The molecule has 2 nitrogen and oxygen atoms in total. The Morgan fingerprint density at radius 1 is 1.42 bits per heavy atom. The minimum absolute atomic E-state index is 0.890. The van der Waals surface area contributed by atoms with Crippen LogP contribution in [-0.4, -0.2) is 9.97 Å². The first-order valence-electron chi connectivity index (χ1n) is 4.22. The molecule has 0 radical (unpaired) electrons. The number of hydrogen-bond donors (Lipinski definition) is 0. The molecular formula is C9H13BrN2. The van der Waals surface area contributed by atoms with E-state index in [1.807, 2.05) is 13.0 Å². The summed E-state index contributed by atoms with van der Waals surface area (Å²) in [6.07, 6.45) is 3.33. The van der Waals surface area contributed by atoms with Crippen molar-refractivity contribution in [3.63, 3.8) is 0 Å². The molecule has 0 aliphatic heterocycles. The zero-order chi connectivity index (χ0) is 8.97. The molecule has 0 N–H and O–H groups in total. The van der Waals surface area contributed by atoms with Gasteiger partial charge in [0.15, 0.2) is 0 Å². The molecule has 0 unspecified atom stereocenters. The van der Waals surface area contributed by atoms with Gasteiger partial charge in [0, 0.05) is 12.1 Å². The molecule has 1 rings (SSSR count). The van der Waals surface area contributed by atoms with Gasteiger partial charge in [0.1, 0.15) is 10.4 Å². The zero-order valence-electron chi connectivity index (χ0n) is 7.47. The maximum atomic E-state index is 4.33. The second-order valence-electron chi connectivity index (χ2n) is 2.85. The third-order valence-corrected chi connectivity index (χ3v) is 2.03. The molecule has 3 heteroatoms. The van der Waals surface area contributed by atoms with Crippen molar-refractivity contribution in [1.82, 2.24) is 9.97 Å². The monoisotopic (exact) mass is 228 g/mol. The fourth-order valence-electron chi connectivity index (χ4n) is 1.04. The Kier molecular flexibility index (Phi) is 3.66. The highest BCUT2D eigenvalue weighted by Crippen LogP contribution is 2.08. The van der Waals surface area contributed by atoms with Crippen molar-refractivity contribution in [2.24, 2.45) is 0 Å². The lowest BCUT2D eigenvalue weighted by molar-refractivity contribution is 0.745. The average Bonchev–Trinajstić information content (AvgIpc) is 1.99. The molecule has 1 aromatic heterocycles. The molecule has 0 fully saturated rings. The van der Waals surface area contributed by atoms with Gasteiger partial charge in [-0.2, -0.15) is 0 Å². The first-order valence-corrected chi connectivity index (χ1v) is 5.01. The van der Waals surface area contributed by atoms with Crippen LogP contribution in [0.2, 0.25) is 0 Å². The standard InChI is InChI=1S/C9H13BrN2/c1-3-4-5-9-11-7(2)6-8(10)12-9/h6H,3-5H2,1-2H3. The summed E-state index contributed by atoms with van der Waals surface area (Å²) in [7, 11) is 0. The second-order valence-corrected chi connectivity index (χ2v) is 3.66. The number of halogens is 1. The number of unbranched alkanes of at least 4 members (excludes halogenated alkanes) is 1. The Morgan fingerprint density at radius 2 is 2.17 bits per heavy atom. The average molecular weight is 229 g/mol. The molecule has 0 spiro atoms. The number of hydrogen-bond acceptors (Lipinski definition) is 2. The topological polar surface area (TPSA) is 25.8 Å². The van der Waals surface area contributed by atoms with Gasteiger partial charge in [0.05, 0.1) is 0 Å². The Balaban J connectivity index is 2.72. The molecule has 0 aromatic carbocycles. The number of aromatic nitrogens is 2. The van der Waals surface area contributed by atoms with Gasteiger partial charge in [-0.15, -0.1) is 0 Å². The van der Waals surface area contributed by atoms with Crippen LogP contribution in [0.4, 0.5) is 0 Å². The molecule has 12 heavy (non-hydrogen) atoms. The van der Waals surface area contributed by atoms with Gasteiger partial charge in [0.25, 0.3) is 0 Å². The van der Waals surface area contributed by atoms with Crippen LogP contribution in [0.3, 0.4) is 0 Å². The van der Waals surface area contributed by atoms with Crippen molar-refractivity contribution < 1.29 is 0 Å². The highest BCUT2D eigenvalue weighted by Gasteiger charge is 1.98. The second kappa shape index (κ2) is 4.55. The predicted octanol–water partition coefficient (Wildman–Crippen LogP) is 2.89. The van der Waals surface area contributed by atoms with Crippen LogP contribution in [0.25, 0.3) is 0 Å². The molecule has 0 bridgehead atoms. The van der Waals surface area contributed by atoms with E-state index in [2.05, 4.69) is 32.8 Å². The third-order valence-electron chi connectivity index (χ3n) is 1.62. The molecule has 0 aliphatic rings. The van der Waals surface area contributed by atoms with Crippen molar-refractivity contribution in [3.8, 4) is 0 Å². The Morgan fingerprint density at radius 3 is 2.75 bits per heavy atom. The van der Waals surface area contributed by atoms with E-state index in [-0.39, 0.29) is 0 Å². The lowest BCUT2D eigenvalue weighted by Gasteiger charge is -2.00. The molecule has 1 heterocycles. The molecule has 66 valence electrons. The normalized spacial score (nSPS) is 10.2. The molecule has 1 aromatic rings. The maximum Gasteiger partial charge on any atom is 0.129 e. The predicted molar refractivity (Wildman–Crippen MR) is 53.1 cm³/mol. The summed E-state index contributed by atoms with van der Waals surface area (Å²) in [4.78, 5) is 8.61. The summed E-state index contributed by atoms with van der Waals surface area (Å²) in [5, 5.41) is 0. The summed E-state index contributed by atoms with van der Waals surface area (Å²) in [5.41, 5.74) is 1.03. The van der Waals surface area contributed by atoms with Gasteiger partial charge in [0.2, 0.25) is 0 Å². The molecule has 0 saturated carbocycles. The van der Waals surface area contributed by atoms with Crippen LogP contribution in [0.15, 0.2) is 10.7 Å². The SMILES string of the molecule is CCCCc1nc(C)cc(Br)n1. The van der Waals surface area contributed by atoms with Gasteiger partial charge >= 0.3 is 0 Å².